The molecule has 3 heterocycles. The number of hydrogen-bond acceptors (Lipinski definition) is 7. The third-order valence-electron chi connectivity index (χ3n) is 4.16. The minimum Gasteiger partial charge on any atom is -0.382 e. The highest BCUT2D eigenvalue weighted by Crippen LogP contribution is 2.41. The predicted molar refractivity (Wildman–Crippen MR) is 88.3 cm³/mol. The number of aryl methyl sites for hydroxylation is 1. The van der Waals surface area contributed by atoms with Crippen LogP contribution in [0.25, 0.3) is 11.2 Å². The van der Waals surface area contributed by atoms with E-state index in [0.29, 0.717) is 35.0 Å². The first-order valence-corrected chi connectivity index (χ1v) is 7.87. The molecule has 0 radical (unpaired) electrons. The van der Waals surface area contributed by atoms with Gasteiger partial charge in [0.2, 0.25) is 5.91 Å². The summed E-state index contributed by atoms with van der Waals surface area (Å²) in [5.74, 6) is 0.705. The topological polar surface area (TPSA) is 151 Å². The Hall–Kier alpha value is -3.48. The van der Waals surface area contributed by atoms with Crippen molar-refractivity contribution in [3.63, 3.8) is 0 Å². The van der Waals surface area contributed by atoms with E-state index in [1.54, 1.807) is 10.9 Å². The molecule has 10 nitrogen and oxygen atoms in total. The number of nitrogen functional groups attached to an aromatic ring is 1. The Morgan fingerprint density at radius 1 is 1.44 bits per heavy atom. The van der Waals surface area contributed by atoms with Gasteiger partial charge in [-0.3, -0.25) is 9.89 Å². The van der Waals surface area contributed by atoms with Gasteiger partial charge in [0.25, 0.3) is 0 Å². The van der Waals surface area contributed by atoms with E-state index in [4.69, 9.17) is 5.73 Å². The van der Waals surface area contributed by atoms with Crippen LogP contribution in [0.4, 0.5) is 11.6 Å². The Balaban J connectivity index is 1.44. The molecule has 1 aliphatic rings. The summed E-state index contributed by atoms with van der Waals surface area (Å²) in [6.07, 6.45) is 5.21. The molecular formula is C15H15N9O. The third kappa shape index (κ3) is 2.76. The summed E-state index contributed by atoms with van der Waals surface area (Å²) in [7, 11) is 0. The fraction of sp³-hybridized carbons (Fsp3) is 0.333. The van der Waals surface area contributed by atoms with Crippen LogP contribution in [0.5, 0.6) is 0 Å². The molecular weight excluding hydrogens is 322 g/mol. The number of anilines is 2. The van der Waals surface area contributed by atoms with Crippen LogP contribution < -0.4 is 11.1 Å². The summed E-state index contributed by atoms with van der Waals surface area (Å²) >= 11 is 0. The number of aromatic nitrogens is 6. The second kappa shape index (κ2) is 5.86. The van der Waals surface area contributed by atoms with E-state index in [-0.39, 0.29) is 18.1 Å². The quantitative estimate of drug-likeness (QED) is 0.625. The first-order chi connectivity index (χ1) is 12.2. The number of rotatable bonds is 5. The molecule has 3 aromatic rings. The highest BCUT2D eigenvalue weighted by Gasteiger charge is 2.30. The summed E-state index contributed by atoms with van der Waals surface area (Å²) in [5.41, 5.74) is 8.06. The van der Waals surface area contributed by atoms with Gasteiger partial charge in [-0.15, -0.1) is 0 Å². The van der Waals surface area contributed by atoms with Gasteiger partial charge in [-0.05, 0) is 12.8 Å². The highest BCUT2D eigenvalue weighted by atomic mass is 16.1. The zero-order chi connectivity index (χ0) is 17.4. The van der Waals surface area contributed by atoms with Crippen LogP contribution >= 0.6 is 0 Å². The molecule has 126 valence electrons. The van der Waals surface area contributed by atoms with E-state index in [1.165, 1.54) is 6.33 Å². The number of nitrogens with zero attached hydrogens (tertiary/aromatic N) is 6. The number of fused-ring (bicyclic) bond motifs is 1. The van der Waals surface area contributed by atoms with Crippen molar-refractivity contribution in [2.45, 2.75) is 31.7 Å². The normalized spacial score (nSPS) is 13.7. The lowest BCUT2D eigenvalue weighted by molar-refractivity contribution is -0.116. The van der Waals surface area contributed by atoms with Crippen LogP contribution in [-0.2, 0) is 11.3 Å². The van der Waals surface area contributed by atoms with Crippen molar-refractivity contribution < 1.29 is 4.79 Å². The van der Waals surface area contributed by atoms with Gasteiger partial charge < -0.3 is 15.6 Å². The fourth-order valence-electron chi connectivity index (χ4n) is 2.71. The van der Waals surface area contributed by atoms with E-state index < -0.39 is 0 Å². The number of carbonyl (C=O) groups is 1. The fourth-order valence-corrected chi connectivity index (χ4v) is 2.71. The first-order valence-electron chi connectivity index (χ1n) is 7.87. The average molecular weight is 337 g/mol. The maximum absolute atomic E-state index is 12.2. The molecule has 1 saturated carbocycles. The number of hydrogen-bond donors (Lipinski definition) is 3. The van der Waals surface area contributed by atoms with Crippen LogP contribution in [0.2, 0.25) is 0 Å². The number of nitrogens with two attached hydrogens (primary N) is 1. The monoisotopic (exact) mass is 337 g/mol. The smallest absolute Gasteiger partial charge is 0.227 e. The zero-order valence-electron chi connectivity index (χ0n) is 13.2. The average Bonchev–Trinajstić information content (AvgIpc) is 3.24. The standard InChI is InChI=1S/C15H15N9O/c16-5-9-11(8-1-2-8)22-23-14(9)21-10(25)3-4-24-7-20-12-13(17)18-6-19-15(12)24/h6-8H,1-4H2,(H2,17,18,19)(H2,21,22,23,25). The van der Waals surface area contributed by atoms with E-state index in [2.05, 4.69) is 36.5 Å². The van der Waals surface area contributed by atoms with E-state index in [9.17, 15) is 10.1 Å². The number of imidazole rings is 1. The number of nitrogens with one attached hydrogen (secondary N) is 2. The van der Waals surface area contributed by atoms with E-state index >= 15 is 0 Å². The molecule has 25 heavy (non-hydrogen) atoms. The van der Waals surface area contributed by atoms with Crippen molar-refractivity contribution in [1.82, 2.24) is 29.7 Å². The summed E-state index contributed by atoms with van der Waals surface area (Å²) in [5, 5.41) is 18.9. The van der Waals surface area contributed by atoms with Gasteiger partial charge in [0, 0.05) is 18.9 Å². The molecule has 0 saturated heterocycles. The van der Waals surface area contributed by atoms with Gasteiger partial charge >= 0.3 is 0 Å². The third-order valence-corrected chi connectivity index (χ3v) is 4.16. The summed E-state index contributed by atoms with van der Waals surface area (Å²) in [6, 6.07) is 2.12. The van der Waals surface area contributed by atoms with Gasteiger partial charge in [-0.25, -0.2) is 15.0 Å². The Morgan fingerprint density at radius 3 is 3.04 bits per heavy atom. The predicted octanol–water partition coefficient (Wildman–Crippen LogP) is 0.909. The second-order valence-electron chi connectivity index (χ2n) is 5.91. The number of carbonyl (C=O) groups excluding carboxylic acids is 1. The van der Waals surface area contributed by atoms with E-state index in [0.717, 1.165) is 18.5 Å². The van der Waals surface area contributed by atoms with Crippen LogP contribution in [0.15, 0.2) is 12.7 Å². The van der Waals surface area contributed by atoms with Gasteiger partial charge in [0.1, 0.15) is 23.5 Å². The van der Waals surface area contributed by atoms with Gasteiger partial charge in [-0.2, -0.15) is 10.4 Å². The minimum absolute atomic E-state index is 0.186. The van der Waals surface area contributed by atoms with Crippen LogP contribution in [-0.4, -0.2) is 35.6 Å². The van der Waals surface area contributed by atoms with Crippen LogP contribution in [0.1, 0.15) is 36.4 Å². The van der Waals surface area contributed by atoms with Crippen molar-refractivity contribution in [2.75, 3.05) is 11.1 Å². The SMILES string of the molecule is N#Cc1c(NC(=O)CCn2cnc3c(N)ncnc32)n[nH]c1C1CC1. The number of nitriles is 1. The lowest BCUT2D eigenvalue weighted by Crippen LogP contribution is -2.15. The Morgan fingerprint density at radius 2 is 2.28 bits per heavy atom. The van der Waals surface area contributed by atoms with Gasteiger partial charge in [0.15, 0.2) is 17.3 Å². The molecule has 10 heteroatoms. The molecule has 4 rings (SSSR count). The molecule has 0 aliphatic heterocycles. The minimum atomic E-state index is -0.241. The first kappa shape index (κ1) is 15.1. The highest BCUT2D eigenvalue weighted by molar-refractivity contribution is 5.91. The molecule has 1 fully saturated rings. The lowest BCUT2D eigenvalue weighted by Gasteiger charge is -2.04. The molecule has 4 N–H and O–H groups in total. The van der Waals surface area contributed by atoms with E-state index in [1.807, 2.05) is 0 Å². The molecule has 0 unspecified atom stereocenters. The van der Waals surface area contributed by atoms with Crippen molar-refractivity contribution in [3.8, 4) is 6.07 Å². The number of H-pyrrole nitrogens is 1. The van der Waals surface area contributed by atoms with Gasteiger partial charge in [-0.1, -0.05) is 0 Å². The van der Waals surface area contributed by atoms with Crippen LogP contribution in [0.3, 0.4) is 0 Å². The summed E-state index contributed by atoms with van der Waals surface area (Å²) in [6.45, 7) is 0.376. The van der Waals surface area contributed by atoms with Crippen molar-refractivity contribution in [3.05, 3.63) is 23.9 Å². The van der Waals surface area contributed by atoms with Gasteiger partial charge in [0.05, 0.1) is 12.0 Å². The maximum atomic E-state index is 12.2. The van der Waals surface area contributed by atoms with Crippen molar-refractivity contribution in [2.24, 2.45) is 0 Å². The second-order valence-corrected chi connectivity index (χ2v) is 5.91. The number of aromatic amines is 1. The molecule has 0 bridgehead atoms. The number of amides is 1. The molecule has 0 atom stereocenters. The van der Waals surface area contributed by atoms with Crippen LogP contribution in [0, 0.1) is 11.3 Å². The Kier molecular flexibility index (Phi) is 3.53. The summed E-state index contributed by atoms with van der Waals surface area (Å²) in [4.78, 5) is 24.4. The molecule has 0 spiro atoms. The molecule has 3 aromatic heterocycles. The van der Waals surface area contributed by atoms with Crippen molar-refractivity contribution in [1.29, 1.82) is 5.26 Å². The molecule has 0 aromatic carbocycles. The summed E-state index contributed by atoms with van der Waals surface area (Å²) < 4.78 is 1.73. The molecule has 1 amide bonds. The lowest BCUT2D eigenvalue weighted by atomic mass is 10.2. The Bertz CT molecular complexity index is 992. The van der Waals surface area contributed by atoms with Crippen molar-refractivity contribution >= 4 is 28.7 Å². The largest absolute Gasteiger partial charge is 0.382 e. The molecule has 1 aliphatic carbocycles. The maximum Gasteiger partial charge on any atom is 0.227 e. The Labute approximate surface area is 142 Å². The zero-order valence-corrected chi connectivity index (χ0v) is 13.2.